The molecule has 0 radical (unpaired) electrons. The van der Waals surface area contributed by atoms with Crippen LogP contribution in [0.2, 0.25) is 0 Å². The first-order chi connectivity index (χ1) is 8.26. The molecule has 2 N–H and O–H groups in total. The Labute approximate surface area is 110 Å². The molecule has 0 spiro atoms. The lowest BCUT2D eigenvalue weighted by Gasteiger charge is -2.12. The van der Waals surface area contributed by atoms with Crippen molar-refractivity contribution >= 4 is 37.8 Å². The molecule has 0 fully saturated rings. The van der Waals surface area contributed by atoms with Crippen molar-refractivity contribution in [3.63, 3.8) is 0 Å². The van der Waals surface area contributed by atoms with Crippen LogP contribution in [0.15, 0.2) is 4.90 Å². The Kier molecular flexibility index (Phi) is 4.23. The number of nitrogens with zero attached hydrogens (tertiary/aromatic N) is 1. The van der Waals surface area contributed by atoms with Crippen molar-refractivity contribution in [3.8, 4) is 0 Å². The zero-order valence-corrected chi connectivity index (χ0v) is 12.3. The number of sulfone groups is 1. The number of thiophene rings is 1. The topological polar surface area (TPSA) is 89.7 Å². The molecule has 1 aromatic heterocycles. The van der Waals surface area contributed by atoms with Crippen LogP contribution in [0.3, 0.4) is 0 Å². The van der Waals surface area contributed by atoms with E-state index in [1.54, 1.807) is 19.0 Å². The Hall–Kier alpha value is -1.28. The van der Waals surface area contributed by atoms with Crippen LogP contribution in [0.25, 0.3) is 0 Å². The number of nitrogens with two attached hydrogens (primary N) is 1. The number of hydrogen-bond acceptors (Lipinski definition) is 7. The number of carbonyl (C=O) groups excluding carboxylic acids is 1. The van der Waals surface area contributed by atoms with Gasteiger partial charge in [-0.25, -0.2) is 13.2 Å². The van der Waals surface area contributed by atoms with Crippen LogP contribution in [0, 0.1) is 0 Å². The van der Waals surface area contributed by atoms with Gasteiger partial charge in [0.15, 0.2) is 9.84 Å². The molecule has 0 aliphatic carbocycles. The van der Waals surface area contributed by atoms with E-state index in [9.17, 15) is 13.2 Å². The van der Waals surface area contributed by atoms with E-state index < -0.39 is 15.8 Å². The summed E-state index contributed by atoms with van der Waals surface area (Å²) < 4.78 is 28.6. The van der Waals surface area contributed by atoms with Crippen LogP contribution in [0.5, 0.6) is 0 Å². The molecule has 0 saturated heterocycles. The van der Waals surface area contributed by atoms with E-state index in [1.165, 1.54) is 14.0 Å². The molecule has 1 heterocycles. The fourth-order valence-corrected chi connectivity index (χ4v) is 4.10. The van der Waals surface area contributed by atoms with Gasteiger partial charge >= 0.3 is 5.97 Å². The van der Waals surface area contributed by atoms with Gasteiger partial charge in [0.25, 0.3) is 0 Å². The van der Waals surface area contributed by atoms with Crippen LogP contribution >= 0.6 is 11.3 Å². The number of esters is 1. The summed E-state index contributed by atoms with van der Waals surface area (Å²) in [5.74, 6) is -0.701. The highest BCUT2D eigenvalue weighted by atomic mass is 32.2. The van der Waals surface area contributed by atoms with Gasteiger partial charge in [-0.05, 0) is 0 Å². The zero-order chi connectivity index (χ0) is 14.1. The maximum Gasteiger partial charge on any atom is 0.350 e. The first kappa shape index (κ1) is 14.8. The highest BCUT2D eigenvalue weighted by Gasteiger charge is 2.29. The zero-order valence-electron chi connectivity index (χ0n) is 10.7. The molecule has 0 unspecified atom stereocenters. The van der Waals surface area contributed by atoms with Crippen LogP contribution < -0.4 is 10.6 Å². The van der Waals surface area contributed by atoms with Gasteiger partial charge in [-0.2, -0.15) is 0 Å². The fraction of sp³-hybridized carbons (Fsp3) is 0.500. The summed E-state index contributed by atoms with van der Waals surface area (Å²) in [6.07, 6.45) is 0. The summed E-state index contributed by atoms with van der Waals surface area (Å²) in [7, 11) is 1.13. The van der Waals surface area contributed by atoms with E-state index in [1.807, 2.05) is 0 Å². The third-order valence-corrected chi connectivity index (χ3v) is 5.63. The second-order valence-corrected chi connectivity index (χ2v) is 6.98. The lowest BCUT2D eigenvalue weighted by Crippen LogP contribution is -2.14. The molecular formula is C10H16N2O4S2. The summed E-state index contributed by atoms with van der Waals surface area (Å²) in [4.78, 5) is 13.3. The molecule has 8 heteroatoms. The molecule has 0 aromatic carbocycles. The van der Waals surface area contributed by atoms with Gasteiger partial charge in [0.1, 0.15) is 14.8 Å². The fourth-order valence-electron chi connectivity index (χ4n) is 1.40. The first-order valence-corrected chi connectivity index (χ1v) is 7.63. The van der Waals surface area contributed by atoms with Crippen molar-refractivity contribution in [1.29, 1.82) is 0 Å². The van der Waals surface area contributed by atoms with E-state index in [0.29, 0.717) is 5.00 Å². The maximum absolute atomic E-state index is 12.0. The van der Waals surface area contributed by atoms with Crippen molar-refractivity contribution in [3.05, 3.63) is 4.88 Å². The van der Waals surface area contributed by atoms with Gasteiger partial charge in [-0.3, -0.25) is 0 Å². The molecular weight excluding hydrogens is 276 g/mol. The molecule has 0 atom stereocenters. The SMILES string of the molecule is CCS(=O)(=O)c1c(N(C)C)sc(C(=O)OC)c1N. The number of rotatable bonds is 4. The molecule has 0 amide bonds. The minimum atomic E-state index is -3.49. The molecule has 1 aromatic rings. The number of anilines is 2. The summed E-state index contributed by atoms with van der Waals surface area (Å²) >= 11 is 1.02. The highest BCUT2D eigenvalue weighted by Crippen LogP contribution is 2.41. The summed E-state index contributed by atoms with van der Waals surface area (Å²) in [6, 6.07) is 0. The number of ether oxygens (including phenoxy) is 1. The van der Waals surface area contributed by atoms with Crippen LogP contribution in [0.1, 0.15) is 16.6 Å². The average molecular weight is 292 g/mol. The van der Waals surface area contributed by atoms with Gasteiger partial charge in [0.05, 0.1) is 18.6 Å². The Morgan fingerprint density at radius 2 is 2.00 bits per heavy atom. The standard InChI is InChI=1S/C10H16N2O4S2/c1-5-18(14,15)8-6(11)7(10(13)16-4)17-9(8)12(2)3/h5,11H2,1-4H3. The second-order valence-electron chi connectivity index (χ2n) is 3.77. The second kappa shape index (κ2) is 5.15. The van der Waals surface area contributed by atoms with E-state index >= 15 is 0 Å². The van der Waals surface area contributed by atoms with Crippen LogP contribution in [0.4, 0.5) is 10.7 Å². The minimum Gasteiger partial charge on any atom is -0.465 e. The summed E-state index contributed by atoms with van der Waals surface area (Å²) in [5.41, 5.74) is 5.75. The lowest BCUT2D eigenvalue weighted by atomic mass is 10.4. The average Bonchev–Trinajstić information content (AvgIpc) is 2.66. The van der Waals surface area contributed by atoms with E-state index in [2.05, 4.69) is 4.74 Å². The van der Waals surface area contributed by atoms with Crippen molar-refractivity contribution in [1.82, 2.24) is 0 Å². The normalized spacial score (nSPS) is 11.3. The van der Waals surface area contributed by atoms with Gasteiger partial charge < -0.3 is 15.4 Å². The molecule has 18 heavy (non-hydrogen) atoms. The number of nitrogen functional groups attached to an aromatic ring is 1. The Bertz CT molecular complexity index is 561. The number of methoxy groups -OCH3 is 1. The van der Waals surface area contributed by atoms with Crippen molar-refractivity contribution in [2.24, 2.45) is 0 Å². The van der Waals surface area contributed by atoms with Gasteiger partial charge in [-0.1, -0.05) is 6.92 Å². The molecule has 0 saturated carbocycles. The molecule has 6 nitrogen and oxygen atoms in total. The largest absolute Gasteiger partial charge is 0.465 e. The molecule has 1 rings (SSSR count). The molecule has 0 aliphatic rings. The molecule has 102 valence electrons. The summed E-state index contributed by atoms with van der Waals surface area (Å²) in [5, 5.41) is 0.440. The quantitative estimate of drug-likeness (QED) is 0.832. The predicted molar refractivity (Wildman–Crippen MR) is 72.1 cm³/mol. The van der Waals surface area contributed by atoms with E-state index in [0.717, 1.165) is 11.3 Å². The molecule has 0 aliphatic heterocycles. The third-order valence-electron chi connectivity index (χ3n) is 2.35. The Morgan fingerprint density at radius 1 is 1.44 bits per heavy atom. The van der Waals surface area contributed by atoms with Crippen molar-refractivity contribution in [2.45, 2.75) is 11.8 Å². The number of carbonyl (C=O) groups is 1. The van der Waals surface area contributed by atoms with Crippen molar-refractivity contribution < 1.29 is 17.9 Å². The highest BCUT2D eigenvalue weighted by molar-refractivity contribution is 7.91. The summed E-state index contributed by atoms with van der Waals surface area (Å²) in [6.45, 7) is 1.53. The Morgan fingerprint density at radius 3 is 2.39 bits per heavy atom. The van der Waals surface area contributed by atoms with Crippen LogP contribution in [-0.4, -0.2) is 41.3 Å². The van der Waals surface area contributed by atoms with Gasteiger partial charge in [0, 0.05) is 14.1 Å². The van der Waals surface area contributed by atoms with Crippen molar-refractivity contribution in [2.75, 3.05) is 37.6 Å². The third kappa shape index (κ3) is 2.44. The maximum atomic E-state index is 12.0. The Balaban J connectivity index is 3.59. The minimum absolute atomic E-state index is 0.0143. The predicted octanol–water partition coefficient (Wildman–Crippen LogP) is 0.977. The van der Waals surface area contributed by atoms with E-state index in [-0.39, 0.29) is 21.2 Å². The molecule has 0 bridgehead atoms. The smallest absolute Gasteiger partial charge is 0.350 e. The van der Waals surface area contributed by atoms with Crippen LogP contribution in [-0.2, 0) is 14.6 Å². The van der Waals surface area contributed by atoms with Gasteiger partial charge in [-0.15, -0.1) is 11.3 Å². The first-order valence-electron chi connectivity index (χ1n) is 5.16. The number of hydrogen-bond donors (Lipinski definition) is 1. The lowest BCUT2D eigenvalue weighted by molar-refractivity contribution is 0.0607. The monoisotopic (exact) mass is 292 g/mol. The van der Waals surface area contributed by atoms with E-state index in [4.69, 9.17) is 5.73 Å². The van der Waals surface area contributed by atoms with Gasteiger partial charge in [0.2, 0.25) is 0 Å².